The Morgan fingerprint density at radius 3 is 2.52 bits per heavy atom. The minimum absolute atomic E-state index is 0.0645. The van der Waals surface area contributed by atoms with Gasteiger partial charge in [-0.05, 0) is 18.2 Å². The minimum Gasteiger partial charge on any atom is -0.258 e. The van der Waals surface area contributed by atoms with Crippen molar-refractivity contribution in [1.82, 2.24) is 20.2 Å². The lowest BCUT2D eigenvalue weighted by molar-refractivity contribution is -0.384. The number of hydrogen-bond acceptors (Lipinski definition) is 5. The normalized spacial score (nSPS) is 10.5. The number of para-hydroxylation sites is 2. The summed E-state index contributed by atoms with van der Waals surface area (Å²) < 4.78 is 0. The fourth-order valence-electron chi connectivity index (χ4n) is 1.92. The summed E-state index contributed by atoms with van der Waals surface area (Å²) >= 11 is 0. The Morgan fingerprint density at radius 2 is 1.81 bits per heavy atom. The average Bonchev–Trinajstić information content (AvgIpc) is 2.97. The smallest absolute Gasteiger partial charge is 0.258 e. The molecule has 0 fully saturated rings. The molecule has 0 saturated carbocycles. The van der Waals surface area contributed by atoms with Crippen LogP contribution in [-0.4, -0.2) is 25.1 Å². The Balaban J connectivity index is 2.03. The van der Waals surface area contributed by atoms with E-state index in [2.05, 4.69) is 15.4 Å². The highest BCUT2D eigenvalue weighted by Crippen LogP contribution is 2.21. The van der Waals surface area contributed by atoms with E-state index in [9.17, 15) is 10.1 Å². The molecule has 0 radical (unpaired) electrons. The van der Waals surface area contributed by atoms with Crippen molar-refractivity contribution in [2.75, 3.05) is 0 Å². The second-order valence-electron chi connectivity index (χ2n) is 4.51. The predicted octanol–water partition coefficient (Wildman–Crippen LogP) is 2.55. The number of tetrazole rings is 1. The van der Waals surface area contributed by atoms with Crippen LogP contribution in [0.5, 0.6) is 0 Å². The second kappa shape index (κ2) is 5.12. The SMILES string of the molecule is Cc1ccc(-c2nnn(-c3ccccc3[N+](=O)[O-])n2)cc1. The lowest BCUT2D eigenvalue weighted by Gasteiger charge is -1.99. The number of benzene rings is 2. The van der Waals surface area contributed by atoms with Gasteiger partial charge in [-0.2, -0.15) is 0 Å². The van der Waals surface area contributed by atoms with Crippen molar-refractivity contribution in [3.05, 3.63) is 64.2 Å². The van der Waals surface area contributed by atoms with Crippen LogP contribution >= 0.6 is 0 Å². The van der Waals surface area contributed by atoms with Crippen LogP contribution < -0.4 is 0 Å². The lowest BCUT2D eigenvalue weighted by Crippen LogP contribution is -2.03. The monoisotopic (exact) mass is 281 g/mol. The van der Waals surface area contributed by atoms with Crippen LogP contribution in [-0.2, 0) is 0 Å². The third kappa shape index (κ3) is 2.48. The molecule has 1 heterocycles. The van der Waals surface area contributed by atoms with Crippen molar-refractivity contribution >= 4 is 5.69 Å². The van der Waals surface area contributed by atoms with Gasteiger partial charge in [0.05, 0.1) is 4.92 Å². The summed E-state index contributed by atoms with van der Waals surface area (Å²) in [5.74, 6) is 0.424. The van der Waals surface area contributed by atoms with Gasteiger partial charge >= 0.3 is 0 Å². The maximum absolute atomic E-state index is 11.0. The number of aromatic nitrogens is 4. The Kier molecular flexibility index (Phi) is 3.15. The molecule has 0 aliphatic carbocycles. The molecular formula is C14H11N5O2. The summed E-state index contributed by atoms with van der Waals surface area (Å²) in [5, 5.41) is 23.1. The lowest BCUT2D eigenvalue weighted by atomic mass is 10.1. The first-order valence-electron chi connectivity index (χ1n) is 6.26. The summed E-state index contributed by atoms with van der Waals surface area (Å²) in [4.78, 5) is 11.7. The van der Waals surface area contributed by atoms with E-state index in [1.807, 2.05) is 31.2 Å². The zero-order valence-electron chi connectivity index (χ0n) is 11.2. The third-order valence-corrected chi connectivity index (χ3v) is 3.02. The quantitative estimate of drug-likeness (QED) is 0.544. The van der Waals surface area contributed by atoms with Gasteiger partial charge in [0.2, 0.25) is 5.82 Å². The van der Waals surface area contributed by atoms with E-state index in [1.165, 1.54) is 10.9 Å². The van der Waals surface area contributed by atoms with Gasteiger partial charge in [0.1, 0.15) is 0 Å². The molecule has 3 aromatic rings. The first-order chi connectivity index (χ1) is 10.1. The van der Waals surface area contributed by atoms with Crippen molar-refractivity contribution in [3.63, 3.8) is 0 Å². The van der Waals surface area contributed by atoms with Gasteiger partial charge in [0.15, 0.2) is 5.69 Å². The number of nitro groups is 1. The van der Waals surface area contributed by atoms with E-state index < -0.39 is 4.92 Å². The zero-order valence-corrected chi connectivity index (χ0v) is 11.2. The number of rotatable bonds is 3. The van der Waals surface area contributed by atoms with E-state index in [0.717, 1.165) is 11.1 Å². The molecule has 0 spiro atoms. The fraction of sp³-hybridized carbons (Fsp3) is 0.0714. The van der Waals surface area contributed by atoms with Gasteiger partial charge in [0, 0.05) is 11.6 Å². The summed E-state index contributed by atoms with van der Waals surface area (Å²) in [7, 11) is 0. The van der Waals surface area contributed by atoms with Crippen LogP contribution in [0.4, 0.5) is 5.69 Å². The van der Waals surface area contributed by atoms with Gasteiger partial charge in [-0.3, -0.25) is 10.1 Å². The highest BCUT2D eigenvalue weighted by atomic mass is 16.6. The van der Waals surface area contributed by atoms with Crippen LogP contribution in [0.1, 0.15) is 5.56 Å². The molecule has 0 N–H and O–H groups in total. The van der Waals surface area contributed by atoms with Crippen molar-refractivity contribution in [3.8, 4) is 17.1 Å². The second-order valence-corrected chi connectivity index (χ2v) is 4.51. The maximum atomic E-state index is 11.0. The third-order valence-electron chi connectivity index (χ3n) is 3.02. The highest BCUT2D eigenvalue weighted by molar-refractivity contribution is 5.55. The first-order valence-corrected chi connectivity index (χ1v) is 6.26. The minimum atomic E-state index is -0.468. The largest absolute Gasteiger partial charge is 0.296 e. The molecule has 3 rings (SSSR count). The molecule has 0 saturated heterocycles. The molecule has 0 bridgehead atoms. The van der Waals surface area contributed by atoms with Gasteiger partial charge in [0.25, 0.3) is 5.69 Å². The topological polar surface area (TPSA) is 86.7 Å². The van der Waals surface area contributed by atoms with Crippen LogP contribution in [0.2, 0.25) is 0 Å². The number of nitrogens with zero attached hydrogens (tertiary/aromatic N) is 5. The number of aryl methyl sites for hydroxylation is 1. The van der Waals surface area contributed by atoms with Crippen LogP contribution in [0.25, 0.3) is 17.1 Å². The first kappa shape index (κ1) is 12.9. The molecule has 0 unspecified atom stereocenters. The zero-order chi connectivity index (χ0) is 14.8. The number of nitro benzene ring substituents is 1. The Hall–Kier alpha value is -3.09. The van der Waals surface area contributed by atoms with Gasteiger partial charge in [-0.15, -0.1) is 15.0 Å². The van der Waals surface area contributed by atoms with Crippen LogP contribution in [0.3, 0.4) is 0 Å². The Bertz CT molecular complexity index is 795. The molecule has 104 valence electrons. The van der Waals surface area contributed by atoms with Crippen molar-refractivity contribution < 1.29 is 4.92 Å². The highest BCUT2D eigenvalue weighted by Gasteiger charge is 2.17. The summed E-state index contributed by atoms with van der Waals surface area (Å²) in [6.07, 6.45) is 0. The van der Waals surface area contributed by atoms with E-state index in [4.69, 9.17) is 0 Å². The van der Waals surface area contributed by atoms with Crippen molar-refractivity contribution in [1.29, 1.82) is 0 Å². The Morgan fingerprint density at radius 1 is 1.10 bits per heavy atom. The molecule has 7 nitrogen and oxygen atoms in total. The molecule has 0 amide bonds. The van der Waals surface area contributed by atoms with E-state index in [0.29, 0.717) is 5.82 Å². The van der Waals surface area contributed by atoms with Crippen LogP contribution in [0.15, 0.2) is 48.5 Å². The summed E-state index contributed by atoms with van der Waals surface area (Å²) in [6, 6.07) is 13.9. The predicted molar refractivity (Wildman–Crippen MR) is 76.0 cm³/mol. The van der Waals surface area contributed by atoms with E-state index in [1.54, 1.807) is 18.2 Å². The average molecular weight is 281 g/mol. The fourth-order valence-corrected chi connectivity index (χ4v) is 1.92. The molecule has 2 aromatic carbocycles. The number of hydrogen-bond donors (Lipinski definition) is 0. The summed E-state index contributed by atoms with van der Waals surface area (Å²) in [6.45, 7) is 1.99. The maximum Gasteiger partial charge on any atom is 0.296 e. The van der Waals surface area contributed by atoms with Gasteiger partial charge < -0.3 is 0 Å². The molecule has 0 atom stereocenters. The molecule has 0 aliphatic heterocycles. The molecule has 1 aromatic heterocycles. The molecule has 7 heteroatoms. The van der Waals surface area contributed by atoms with E-state index in [-0.39, 0.29) is 11.4 Å². The molecule has 0 aliphatic rings. The molecular weight excluding hydrogens is 270 g/mol. The van der Waals surface area contributed by atoms with E-state index >= 15 is 0 Å². The Labute approximate surface area is 120 Å². The van der Waals surface area contributed by atoms with Crippen LogP contribution in [0, 0.1) is 17.0 Å². The van der Waals surface area contributed by atoms with Gasteiger partial charge in [-0.1, -0.05) is 42.0 Å². The summed E-state index contributed by atoms with van der Waals surface area (Å²) in [5.41, 5.74) is 2.16. The molecule has 21 heavy (non-hydrogen) atoms. The standard InChI is InChI=1S/C14H11N5O2/c1-10-6-8-11(9-7-10)14-15-17-18(16-14)12-4-2-3-5-13(12)19(20)21/h2-9H,1H3. The van der Waals surface area contributed by atoms with Crippen molar-refractivity contribution in [2.45, 2.75) is 6.92 Å². The van der Waals surface area contributed by atoms with Gasteiger partial charge in [-0.25, -0.2) is 0 Å². The van der Waals surface area contributed by atoms with Crippen molar-refractivity contribution in [2.24, 2.45) is 0 Å².